The predicted molar refractivity (Wildman–Crippen MR) is 69.6 cm³/mol. The van der Waals surface area contributed by atoms with Crippen LogP contribution in [0.25, 0.3) is 0 Å². The Balaban J connectivity index is 2.76. The van der Waals surface area contributed by atoms with E-state index in [0.29, 0.717) is 6.54 Å². The lowest BCUT2D eigenvalue weighted by Gasteiger charge is -2.21. The van der Waals surface area contributed by atoms with Crippen LogP contribution in [0.5, 0.6) is 0 Å². The SMILES string of the molecule is CSc1ncccc1CN(C)C(=O)N(C)S. The second-order valence-corrected chi connectivity index (χ2v) is 4.73. The molecule has 0 N–H and O–H groups in total. The highest BCUT2D eigenvalue weighted by Gasteiger charge is 2.13. The van der Waals surface area contributed by atoms with E-state index in [4.69, 9.17) is 0 Å². The van der Waals surface area contributed by atoms with Crippen molar-refractivity contribution in [3.05, 3.63) is 23.9 Å². The number of rotatable bonds is 3. The number of nitrogens with zero attached hydrogens (tertiary/aromatic N) is 3. The molecule has 0 fully saturated rings. The van der Waals surface area contributed by atoms with Gasteiger partial charge in [0.25, 0.3) is 0 Å². The molecule has 0 aromatic carbocycles. The van der Waals surface area contributed by atoms with Gasteiger partial charge in [0.05, 0.1) is 0 Å². The Morgan fingerprint density at radius 2 is 2.25 bits per heavy atom. The fraction of sp³-hybridized carbons (Fsp3) is 0.400. The summed E-state index contributed by atoms with van der Waals surface area (Å²) in [6.45, 7) is 0.535. The molecule has 6 heteroatoms. The van der Waals surface area contributed by atoms with Crippen LogP contribution in [-0.4, -0.2) is 40.6 Å². The lowest BCUT2D eigenvalue weighted by molar-refractivity contribution is 0.194. The van der Waals surface area contributed by atoms with Crippen LogP contribution < -0.4 is 0 Å². The lowest BCUT2D eigenvalue weighted by atomic mass is 10.3. The van der Waals surface area contributed by atoms with Crippen molar-refractivity contribution in [2.45, 2.75) is 11.6 Å². The Labute approximate surface area is 106 Å². The predicted octanol–water partition coefficient (Wildman–Crippen LogP) is 2.13. The third kappa shape index (κ3) is 3.31. The average molecular weight is 257 g/mol. The van der Waals surface area contributed by atoms with Gasteiger partial charge >= 0.3 is 6.03 Å². The number of thioether (sulfide) groups is 1. The first-order valence-electron chi connectivity index (χ1n) is 4.72. The van der Waals surface area contributed by atoms with Crippen LogP contribution in [-0.2, 0) is 6.54 Å². The monoisotopic (exact) mass is 257 g/mol. The number of carbonyl (C=O) groups excluding carboxylic acids is 1. The Hall–Kier alpha value is -0.880. The molecule has 0 radical (unpaired) electrons. The third-order valence-corrected chi connectivity index (χ3v) is 2.98. The normalized spacial score (nSPS) is 10.0. The quantitative estimate of drug-likeness (QED) is 0.666. The number of amides is 2. The molecule has 0 bridgehead atoms. The first-order valence-corrected chi connectivity index (χ1v) is 6.34. The zero-order chi connectivity index (χ0) is 12.1. The van der Waals surface area contributed by atoms with E-state index in [0.717, 1.165) is 10.6 Å². The first-order chi connectivity index (χ1) is 7.56. The van der Waals surface area contributed by atoms with Crippen LogP contribution in [0, 0.1) is 0 Å². The zero-order valence-corrected chi connectivity index (χ0v) is 11.3. The molecule has 1 rings (SSSR count). The number of aromatic nitrogens is 1. The molecular formula is C10H15N3OS2. The van der Waals surface area contributed by atoms with E-state index >= 15 is 0 Å². The van der Waals surface area contributed by atoms with Crippen molar-refractivity contribution < 1.29 is 4.79 Å². The average Bonchev–Trinajstić information content (AvgIpc) is 2.28. The van der Waals surface area contributed by atoms with Crippen LogP contribution in [0.3, 0.4) is 0 Å². The van der Waals surface area contributed by atoms with Crippen LogP contribution in [0.1, 0.15) is 5.56 Å². The van der Waals surface area contributed by atoms with Gasteiger partial charge in [0.15, 0.2) is 0 Å². The van der Waals surface area contributed by atoms with Gasteiger partial charge in [-0.05, 0) is 12.3 Å². The smallest absolute Gasteiger partial charge is 0.323 e. The lowest BCUT2D eigenvalue weighted by Crippen LogP contribution is -2.33. The molecule has 0 aliphatic heterocycles. The molecule has 1 aromatic rings. The van der Waals surface area contributed by atoms with E-state index in [1.807, 2.05) is 18.4 Å². The number of thiol groups is 1. The largest absolute Gasteiger partial charge is 0.329 e. The van der Waals surface area contributed by atoms with E-state index in [1.165, 1.54) is 4.31 Å². The second kappa shape index (κ2) is 6.00. The van der Waals surface area contributed by atoms with Crippen molar-refractivity contribution in [3.63, 3.8) is 0 Å². The maximum Gasteiger partial charge on any atom is 0.329 e. The summed E-state index contributed by atoms with van der Waals surface area (Å²) in [6.07, 6.45) is 3.72. The summed E-state index contributed by atoms with van der Waals surface area (Å²) in [4.78, 5) is 17.4. The van der Waals surface area contributed by atoms with Crippen molar-refractivity contribution in [2.24, 2.45) is 0 Å². The zero-order valence-electron chi connectivity index (χ0n) is 9.54. The number of hydrogen-bond acceptors (Lipinski definition) is 4. The van der Waals surface area contributed by atoms with Crippen LogP contribution in [0.2, 0.25) is 0 Å². The van der Waals surface area contributed by atoms with Crippen molar-refractivity contribution in [1.29, 1.82) is 0 Å². The molecule has 0 spiro atoms. The van der Waals surface area contributed by atoms with Crippen molar-refractivity contribution >= 4 is 30.6 Å². The van der Waals surface area contributed by atoms with E-state index in [2.05, 4.69) is 17.8 Å². The minimum absolute atomic E-state index is 0.140. The van der Waals surface area contributed by atoms with E-state index in [9.17, 15) is 4.79 Å². The summed E-state index contributed by atoms with van der Waals surface area (Å²) in [5, 5.41) is 0.948. The Morgan fingerprint density at radius 3 is 2.81 bits per heavy atom. The minimum atomic E-state index is -0.140. The summed E-state index contributed by atoms with van der Waals surface area (Å²) in [5.41, 5.74) is 1.04. The van der Waals surface area contributed by atoms with Crippen molar-refractivity contribution in [3.8, 4) is 0 Å². The molecular weight excluding hydrogens is 242 g/mol. The summed E-state index contributed by atoms with van der Waals surface area (Å²) < 4.78 is 1.26. The second-order valence-electron chi connectivity index (χ2n) is 3.33. The van der Waals surface area contributed by atoms with Crippen molar-refractivity contribution in [2.75, 3.05) is 20.4 Å². The summed E-state index contributed by atoms with van der Waals surface area (Å²) >= 11 is 5.54. The van der Waals surface area contributed by atoms with Gasteiger partial charge in [0, 0.05) is 32.4 Å². The van der Waals surface area contributed by atoms with Gasteiger partial charge in [-0.3, -0.25) is 4.31 Å². The maximum atomic E-state index is 11.6. The highest BCUT2D eigenvalue weighted by molar-refractivity contribution is 7.98. The maximum absolute atomic E-state index is 11.6. The topological polar surface area (TPSA) is 36.4 Å². The molecule has 4 nitrogen and oxygen atoms in total. The molecule has 88 valence electrons. The first kappa shape index (κ1) is 13.2. The van der Waals surface area contributed by atoms with Crippen LogP contribution >= 0.6 is 24.6 Å². The number of hydrogen-bond donors (Lipinski definition) is 1. The van der Waals surface area contributed by atoms with Gasteiger partial charge < -0.3 is 4.90 Å². The summed E-state index contributed by atoms with van der Waals surface area (Å²) in [5.74, 6) is 0. The minimum Gasteiger partial charge on any atom is -0.323 e. The van der Waals surface area contributed by atoms with Crippen LogP contribution in [0.15, 0.2) is 23.4 Å². The molecule has 0 aliphatic rings. The van der Waals surface area contributed by atoms with E-state index in [1.54, 1.807) is 37.0 Å². The highest BCUT2D eigenvalue weighted by atomic mass is 32.2. The molecule has 1 heterocycles. The number of urea groups is 1. The molecule has 16 heavy (non-hydrogen) atoms. The van der Waals surface area contributed by atoms with Gasteiger partial charge in [0.1, 0.15) is 5.03 Å². The van der Waals surface area contributed by atoms with E-state index < -0.39 is 0 Å². The fourth-order valence-corrected chi connectivity index (χ4v) is 2.01. The summed E-state index contributed by atoms with van der Waals surface area (Å²) in [7, 11) is 3.35. The Bertz CT molecular complexity index is 371. The Morgan fingerprint density at radius 1 is 1.56 bits per heavy atom. The molecule has 0 saturated carbocycles. The molecule has 1 aromatic heterocycles. The molecule has 0 aliphatic carbocycles. The van der Waals surface area contributed by atoms with E-state index in [-0.39, 0.29) is 6.03 Å². The van der Waals surface area contributed by atoms with Crippen molar-refractivity contribution in [1.82, 2.24) is 14.2 Å². The van der Waals surface area contributed by atoms with Gasteiger partial charge in [0.2, 0.25) is 0 Å². The highest BCUT2D eigenvalue weighted by Crippen LogP contribution is 2.18. The van der Waals surface area contributed by atoms with Crippen LogP contribution in [0.4, 0.5) is 4.79 Å². The molecule has 0 saturated heterocycles. The fourth-order valence-electron chi connectivity index (χ4n) is 1.30. The summed E-state index contributed by atoms with van der Waals surface area (Å²) in [6, 6.07) is 3.71. The van der Waals surface area contributed by atoms with Gasteiger partial charge in [-0.2, -0.15) is 0 Å². The number of pyridine rings is 1. The number of carbonyl (C=O) groups is 1. The van der Waals surface area contributed by atoms with Gasteiger partial charge in [-0.1, -0.05) is 18.9 Å². The molecule has 0 unspecified atom stereocenters. The molecule has 0 atom stereocenters. The molecule has 2 amide bonds. The third-order valence-electron chi connectivity index (χ3n) is 2.05. The van der Waals surface area contributed by atoms with Gasteiger partial charge in [-0.25, -0.2) is 9.78 Å². The van der Waals surface area contributed by atoms with Gasteiger partial charge in [-0.15, -0.1) is 11.8 Å². The Kier molecular flexibility index (Phi) is 4.95. The standard InChI is InChI=1S/C10H15N3OS2/c1-12(10(14)13(2)15)7-8-5-4-6-11-9(8)16-3/h4-6,15H,7H2,1-3H3.